The molecule has 1 aliphatic carbocycles. The summed E-state index contributed by atoms with van der Waals surface area (Å²) in [6.45, 7) is 2.99. The van der Waals surface area contributed by atoms with Gasteiger partial charge in [0.2, 0.25) is 0 Å². The molecule has 1 rings (SSSR count). The van der Waals surface area contributed by atoms with Crippen LogP contribution in [0.15, 0.2) is 0 Å². The van der Waals surface area contributed by atoms with Crippen LogP contribution < -0.4 is 0 Å². The topological polar surface area (TPSA) is 40.5 Å². The number of hydrogen-bond acceptors (Lipinski definition) is 2. The molecule has 0 radical (unpaired) electrons. The van der Waals surface area contributed by atoms with Crippen LogP contribution in [0.3, 0.4) is 0 Å². The van der Waals surface area contributed by atoms with Gasteiger partial charge < -0.3 is 5.11 Å². The van der Waals surface area contributed by atoms with Crippen molar-refractivity contribution in [3.8, 4) is 0 Å². The molecule has 0 heterocycles. The molecule has 1 saturated carbocycles. The van der Waals surface area contributed by atoms with E-state index in [-0.39, 0.29) is 6.04 Å². The van der Waals surface area contributed by atoms with Gasteiger partial charge in [-0.05, 0) is 32.2 Å². The molecule has 0 aromatic rings. The smallest absolute Gasteiger partial charge is 0.320 e. The van der Waals surface area contributed by atoms with E-state index in [9.17, 15) is 4.79 Å². The summed E-state index contributed by atoms with van der Waals surface area (Å²) < 4.78 is 0. The molecule has 3 nitrogen and oxygen atoms in total. The molecule has 0 spiro atoms. The molecule has 14 heavy (non-hydrogen) atoms. The number of aliphatic carboxylic acids is 1. The van der Waals surface area contributed by atoms with Crippen LogP contribution >= 0.6 is 0 Å². The first-order valence-electron chi connectivity index (χ1n) is 5.58. The fraction of sp³-hybridized carbons (Fsp3) is 0.909. The zero-order valence-electron chi connectivity index (χ0n) is 9.20. The minimum atomic E-state index is -0.673. The van der Waals surface area contributed by atoms with Gasteiger partial charge in [-0.15, -0.1) is 0 Å². The average Bonchev–Trinajstić information content (AvgIpc) is 2.06. The van der Waals surface area contributed by atoms with Crippen LogP contribution in [0.5, 0.6) is 0 Å². The Labute approximate surface area is 86.1 Å². The normalized spacial score (nSPS) is 19.4. The van der Waals surface area contributed by atoms with Gasteiger partial charge in [0.05, 0.1) is 0 Å². The summed E-state index contributed by atoms with van der Waals surface area (Å²) in [7, 11) is 1.94. The molecule has 1 aliphatic rings. The van der Waals surface area contributed by atoms with Crippen molar-refractivity contribution in [2.75, 3.05) is 13.6 Å². The Balaban J connectivity index is 2.36. The van der Waals surface area contributed by atoms with Gasteiger partial charge in [-0.3, -0.25) is 9.69 Å². The fourth-order valence-corrected chi connectivity index (χ4v) is 2.02. The number of carbonyl (C=O) groups is 1. The number of carboxylic acids is 1. The van der Waals surface area contributed by atoms with Gasteiger partial charge in [0.25, 0.3) is 0 Å². The number of rotatable bonds is 6. The Morgan fingerprint density at radius 3 is 2.57 bits per heavy atom. The molecule has 3 heteroatoms. The predicted octanol–water partition coefficient (Wildman–Crippen LogP) is 1.97. The van der Waals surface area contributed by atoms with Gasteiger partial charge in [-0.2, -0.15) is 0 Å². The first-order chi connectivity index (χ1) is 6.65. The molecule has 1 N–H and O–H groups in total. The molecule has 0 bridgehead atoms. The van der Waals surface area contributed by atoms with E-state index in [0.29, 0.717) is 0 Å². The second-order valence-corrected chi connectivity index (χ2v) is 4.38. The molecule has 82 valence electrons. The van der Waals surface area contributed by atoms with Crippen LogP contribution in [0.2, 0.25) is 0 Å². The lowest BCUT2D eigenvalue weighted by Crippen LogP contribution is -2.42. The van der Waals surface area contributed by atoms with Crippen molar-refractivity contribution in [2.45, 2.75) is 45.1 Å². The average molecular weight is 199 g/mol. The lowest BCUT2D eigenvalue weighted by atomic mass is 9.85. The van der Waals surface area contributed by atoms with Crippen LogP contribution in [0.4, 0.5) is 0 Å². The van der Waals surface area contributed by atoms with Crippen molar-refractivity contribution in [1.82, 2.24) is 4.90 Å². The van der Waals surface area contributed by atoms with Crippen LogP contribution in [-0.2, 0) is 4.79 Å². The van der Waals surface area contributed by atoms with E-state index in [0.717, 1.165) is 25.3 Å². The summed E-state index contributed by atoms with van der Waals surface area (Å²) in [4.78, 5) is 13.0. The summed E-state index contributed by atoms with van der Waals surface area (Å²) in [5.74, 6) is 0.0763. The third kappa shape index (κ3) is 2.98. The molecule has 1 fully saturated rings. The van der Waals surface area contributed by atoms with E-state index in [2.05, 4.69) is 0 Å². The summed E-state index contributed by atoms with van der Waals surface area (Å²) >= 11 is 0. The number of nitrogens with zero attached hydrogens (tertiary/aromatic N) is 1. The minimum Gasteiger partial charge on any atom is -0.480 e. The lowest BCUT2D eigenvalue weighted by molar-refractivity contribution is -0.143. The van der Waals surface area contributed by atoms with Crippen molar-refractivity contribution >= 4 is 5.97 Å². The van der Waals surface area contributed by atoms with Crippen molar-refractivity contribution < 1.29 is 9.90 Å². The number of likely N-dealkylation sites (N-methyl/N-ethyl adjacent to an activating group) is 1. The van der Waals surface area contributed by atoms with E-state index >= 15 is 0 Å². The number of hydrogen-bond donors (Lipinski definition) is 1. The molecule has 0 aromatic heterocycles. The highest BCUT2D eigenvalue weighted by Crippen LogP contribution is 2.27. The lowest BCUT2D eigenvalue weighted by Gasteiger charge is -2.33. The maximum atomic E-state index is 11.0. The molecular formula is C11H21NO2. The quantitative estimate of drug-likeness (QED) is 0.711. The highest BCUT2D eigenvalue weighted by molar-refractivity contribution is 5.73. The Hall–Kier alpha value is -0.570. The van der Waals surface area contributed by atoms with Gasteiger partial charge in [-0.25, -0.2) is 0 Å². The van der Waals surface area contributed by atoms with Crippen LogP contribution in [-0.4, -0.2) is 35.6 Å². The maximum absolute atomic E-state index is 11.0. The zero-order valence-corrected chi connectivity index (χ0v) is 9.20. The molecule has 0 saturated heterocycles. The minimum absolute atomic E-state index is 0.277. The summed E-state index contributed by atoms with van der Waals surface area (Å²) in [5.41, 5.74) is 0. The Morgan fingerprint density at radius 1 is 1.57 bits per heavy atom. The molecular weight excluding hydrogens is 178 g/mol. The Kier molecular flexibility index (Phi) is 4.39. The number of carboxylic acid groups (broad SMARTS) is 1. The van der Waals surface area contributed by atoms with Crippen LogP contribution in [0.1, 0.15) is 39.0 Å². The first kappa shape index (κ1) is 11.5. The molecule has 0 amide bonds. The second-order valence-electron chi connectivity index (χ2n) is 4.38. The van der Waals surface area contributed by atoms with Crippen molar-refractivity contribution in [1.29, 1.82) is 0 Å². The maximum Gasteiger partial charge on any atom is 0.320 e. The Morgan fingerprint density at radius 2 is 2.21 bits per heavy atom. The molecule has 1 atom stereocenters. The van der Waals surface area contributed by atoms with E-state index in [4.69, 9.17) is 5.11 Å². The molecule has 1 unspecified atom stereocenters. The van der Waals surface area contributed by atoms with Crippen LogP contribution in [0.25, 0.3) is 0 Å². The van der Waals surface area contributed by atoms with E-state index in [1.807, 2.05) is 18.9 Å². The van der Waals surface area contributed by atoms with Gasteiger partial charge in [0.1, 0.15) is 6.04 Å². The first-order valence-corrected chi connectivity index (χ1v) is 5.58. The van der Waals surface area contributed by atoms with E-state index in [1.165, 1.54) is 19.3 Å². The summed E-state index contributed by atoms with van der Waals surface area (Å²) in [6.07, 6.45) is 5.58. The molecule has 0 aromatic carbocycles. The third-order valence-electron chi connectivity index (χ3n) is 3.15. The van der Waals surface area contributed by atoms with E-state index < -0.39 is 5.97 Å². The second kappa shape index (κ2) is 5.35. The predicted molar refractivity (Wildman–Crippen MR) is 56.3 cm³/mol. The summed E-state index contributed by atoms with van der Waals surface area (Å²) in [6, 6.07) is -0.277. The van der Waals surface area contributed by atoms with Crippen molar-refractivity contribution in [3.63, 3.8) is 0 Å². The standard InChI is InChI=1S/C11H21NO2/c1-3-5-10(11(13)14)12(2)8-9-6-4-7-9/h9-10H,3-8H2,1-2H3,(H,13,14). The van der Waals surface area contributed by atoms with E-state index in [1.54, 1.807) is 0 Å². The summed E-state index contributed by atoms with van der Waals surface area (Å²) in [5, 5.41) is 9.04. The van der Waals surface area contributed by atoms with Gasteiger partial charge in [0.15, 0.2) is 0 Å². The van der Waals surface area contributed by atoms with Crippen molar-refractivity contribution in [3.05, 3.63) is 0 Å². The largest absolute Gasteiger partial charge is 0.480 e. The molecule has 0 aliphatic heterocycles. The van der Waals surface area contributed by atoms with Gasteiger partial charge in [0, 0.05) is 6.54 Å². The van der Waals surface area contributed by atoms with Crippen molar-refractivity contribution in [2.24, 2.45) is 5.92 Å². The van der Waals surface area contributed by atoms with Gasteiger partial charge >= 0.3 is 5.97 Å². The zero-order chi connectivity index (χ0) is 10.6. The SMILES string of the molecule is CCCC(C(=O)O)N(C)CC1CCC1. The Bertz CT molecular complexity index is 190. The monoisotopic (exact) mass is 199 g/mol. The third-order valence-corrected chi connectivity index (χ3v) is 3.15. The van der Waals surface area contributed by atoms with Crippen LogP contribution in [0, 0.1) is 5.92 Å². The highest BCUT2D eigenvalue weighted by atomic mass is 16.4. The highest BCUT2D eigenvalue weighted by Gasteiger charge is 2.26. The fourth-order valence-electron chi connectivity index (χ4n) is 2.02. The van der Waals surface area contributed by atoms with Gasteiger partial charge in [-0.1, -0.05) is 19.8 Å².